The van der Waals surface area contributed by atoms with Crippen molar-refractivity contribution in [2.75, 3.05) is 39.8 Å². The first-order valence-electron chi connectivity index (χ1n) is 7.67. The van der Waals surface area contributed by atoms with Crippen LogP contribution in [0.1, 0.15) is 24.0 Å². The normalized spacial score (nSPS) is 18.6. The van der Waals surface area contributed by atoms with Crippen LogP contribution < -0.4 is 5.32 Å². The van der Waals surface area contributed by atoms with Crippen molar-refractivity contribution < 1.29 is 4.79 Å². The van der Waals surface area contributed by atoms with E-state index in [1.165, 1.54) is 0 Å². The van der Waals surface area contributed by atoms with Crippen LogP contribution in [0, 0.1) is 6.92 Å². The van der Waals surface area contributed by atoms with Crippen molar-refractivity contribution >= 4 is 17.2 Å². The van der Waals surface area contributed by atoms with Gasteiger partial charge in [-0.05, 0) is 27.3 Å². The summed E-state index contributed by atoms with van der Waals surface area (Å²) >= 11 is 1.70. The second-order valence-electron chi connectivity index (χ2n) is 5.79. The molecule has 0 bridgehead atoms. The lowest BCUT2D eigenvalue weighted by atomic mass is 10.2. The number of likely N-dealkylation sites (N-methyl/N-ethyl adjacent to an activating group) is 1. The highest BCUT2D eigenvalue weighted by Crippen LogP contribution is 2.10. The molecule has 118 valence electrons. The quantitative estimate of drug-likeness (QED) is 0.801. The third kappa shape index (κ3) is 5.05. The summed E-state index contributed by atoms with van der Waals surface area (Å²) in [6.07, 6.45) is 1.90. The van der Waals surface area contributed by atoms with E-state index >= 15 is 0 Å². The summed E-state index contributed by atoms with van der Waals surface area (Å²) < 4.78 is 0. The Hall–Kier alpha value is -0.980. The summed E-state index contributed by atoms with van der Waals surface area (Å²) in [7, 11) is 2.13. The molecule has 1 N–H and O–H groups in total. The van der Waals surface area contributed by atoms with Gasteiger partial charge in [0, 0.05) is 50.2 Å². The average Bonchev–Trinajstić information content (AvgIpc) is 2.89. The lowest BCUT2D eigenvalue weighted by Crippen LogP contribution is -2.53. The van der Waals surface area contributed by atoms with Crippen LogP contribution in [0.4, 0.5) is 0 Å². The average molecular weight is 310 g/mol. The van der Waals surface area contributed by atoms with Crippen LogP contribution in [0.3, 0.4) is 0 Å². The van der Waals surface area contributed by atoms with Gasteiger partial charge in [-0.3, -0.25) is 9.69 Å². The van der Waals surface area contributed by atoms with E-state index in [0.29, 0.717) is 0 Å². The van der Waals surface area contributed by atoms with E-state index in [2.05, 4.69) is 32.5 Å². The van der Waals surface area contributed by atoms with Gasteiger partial charge in [-0.1, -0.05) is 0 Å². The number of amides is 1. The predicted molar refractivity (Wildman–Crippen MR) is 86.7 cm³/mol. The molecule has 1 aromatic rings. The van der Waals surface area contributed by atoms with Gasteiger partial charge in [-0.2, -0.15) is 0 Å². The molecule has 0 saturated carbocycles. The zero-order valence-electron chi connectivity index (χ0n) is 13.3. The maximum atomic E-state index is 12.2. The minimum atomic E-state index is -0.0270. The molecule has 1 fully saturated rings. The van der Waals surface area contributed by atoms with E-state index in [1.807, 2.05) is 13.8 Å². The molecule has 1 amide bonds. The SMILES string of the molecule is Cc1csc(CCCNC(=O)[C@@H](C)N2CCN(C)CC2)n1. The van der Waals surface area contributed by atoms with Crippen LogP contribution in [-0.4, -0.2) is 66.5 Å². The molecule has 5 nitrogen and oxygen atoms in total. The zero-order valence-corrected chi connectivity index (χ0v) is 14.1. The molecule has 0 aromatic carbocycles. The molecule has 2 rings (SSSR count). The molecule has 21 heavy (non-hydrogen) atoms. The Bertz CT molecular complexity index is 454. The lowest BCUT2D eigenvalue weighted by Gasteiger charge is -2.35. The van der Waals surface area contributed by atoms with Gasteiger partial charge >= 0.3 is 0 Å². The molecule has 1 saturated heterocycles. The van der Waals surface area contributed by atoms with Gasteiger partial charge < -0.3 is 10.2 Å². The number of nitrogens with zero attached hydrogens (tertiary/aromatic N) is 3. The molecule has 6 heteroatoms. The number of rotatable bonds is 6. The minimum Gasteiger partial charge on any atom is -0.355 e. The van der Waals surface area contributed by atoms with E-state index in [1.54, 1.807) is 11.3 Å². The molecular formula is C15H26N4OS. The minimum absolute atomic E-state index is 0.0270. The Morgan fingerprint density at radius 2 is 2.14 bits per heavy atom. The van der Waals surface area contributed by atoms with Gasteiger partial charge in [-0.15, -0.1) is 11.3 Å². The van der Waals surface area contributed by atoms with Crippen LogP contribution in [0.15, 0.2) is 5.38 Å². The Labute approximate surface area is 131 Å². The van der Waals surface area contributed by atoms with Crippen LogP contribution in [0.25, 0.3) is 0 Å². The standard InChI is InChI=1S/C15H26N4OS/c1-12-11-21-14(17-12)5-4-6-16-15(20)13(2)19-9-7-18(3)8-10-19/h11,13H,4-10H2,1-3H3,(H,16,20)/t13-/m1/s1. The number of aromatic nitrogens is 1. The Kier molecular flexibility index (Phi) is 6.14. The van der Waals surface area contributed by atoms with Crippen LogP contribution in [-0.2, 0) is 11.2 Å². The number of hydrogen-bond acceptors (Lipinski definition) is 5. The van der Waals surface area contributed by atoms with E-state index in [9.17, 15) is 4.79 Å². The number of piperazine rings is 1. The fourth-order valence-corrected chi connectivity index (χ4v) is 3.31. The molecule has 1 aliphatic heterocycles. The molecule has 0 spiro atoms. The number of aryl methyl sites for hydroxylation is 2. The Balaban J connectivity index is 1.64. The first-order valence-corrected chi connectivity index (χ1v) is 8.55. The van der Waals surface area contributed by atoms with Crippen LogP contribution in [0.2, 0.25) is 0 Å². The maximum Gasteiger partial charge on any atom is 0.237 e. The maximum absolute atomic E-state index is 12.2. The summed E-state index contributed by atoms with van der Waals surface area (Å²) in [6, 6.07) is -0.0270. The zero-order chi connectivity index (χ0) is 15.2. The van der Waals surface area contributed by atoms with Gasteiger partial charge in [0.05, 0.1) is 11.0 Å². The van der Waals surface area contributed by atoms with Crippen molar-refractivity contribution in [3.8, 4) is 0 Å². The second kappa shape index (κ2) is 7.87. The van der Waals surface area contributed by atoms with E-state index in [0.717, 1.165) is 56.3 Å². The highest BCUT2D eigenvalue weighted by Gasteiger charge is 2.23. The lowest BCUT2D eigenvalue weighted by molar-refractivity contribution is -0.126. The summed E-state index contributed by atoms with van der Waals surface area (Å²) in [5.41, 5.74) is 1.09. The molecule has 0 aliphatic carbocycles. The third-order valence-corrected chi connectivity index (χ3v) is 5.02. The topological polar surface area (TPSA) is 48.5 Å². The summed E-state index contributed by atoms with van der Waals surface area (Å²) in [5.74, 6) is 0.148. The molecule has 2 heterocycles. The molecular weight excluding hydrogens is 284 g/mol. The molecule has 1 aromatic heterocycles. The van der Waals surface area contributed by atoms with E-state index < -0.39 is 0 Å². The number of thiazole rings is 1. The second-order valence-corrected chi connectivity index (χ2v) is 6.74. The monoisotopic (exact) mass is 310 g/mol. The largest absolute Gasteiger partial charge is 0.355 e. The van der Waals surface area contributed by atoms with E-state index in [-0.39, 0.29) is 11.9 Å². The molecule has 1 aliphatic rings. The highest BCUT2D eigenvalue weighted by molar-refractivity contribution is 7.09. The molecule has 0 unspecified atom stereocenters. The molecule has 1 atom stereocenters. The number of carbonyl (C=O) groups is 1. The van der Waals surface area contributed by atoms with Crippen LogP contribution in [0.5, 0.6) is 0 Å². The van der Waals surface area contributed by atoms with Gasteiger partial charge in [0.15, 0.2) is 0 Å². The highest BCUT2D eigenvalue weighted by atomic mass is 32.1. The van der Waals surface area contributed by atoms with Crippen LogP contribution >= 0.6 is 11.3 Å². The third-order valence-electron chi connectivity index (χ3n) is 4.00. The fraction of sp³-hybridized carbons (Fsp3) is 0.733. The Morgan fingerprint density at radius 1 is 1.43 bits per heavy atom. The van der Waals surface area contributed by atoms with Crippen molar-refractivity contribution in [2.24, 2.45) is 0 Å². The van der Waals surface area contributed by atoms with Gasteiger partial charge in [0.25, 0.3) is 0 Å². The smallest absolute Gasteiger partial charge is 0.237 e. The number of carbonyl (C=O) groups excluding carboxylic acids is 1. The fourth-order valence-electron chi connectivity index (χ4n) is 2.49. The van der Waals surface area contributed by atoms with Crippen molar-refractivity contribution in [3.63, 3.8) is 0 Å². The number of hydrogen-bond donors (Lipinski definition) is 1. The summed E-state index contributed by atoms with van der Waals surface area (Å²) in [4.78, 5) is 21.2. The van der Waals surface area contributed by atoms with Gasteiger partial charge in [-0.25, -0.2) is 4.98 Å². The molecule has 0 radical (unpaired) electrons. The first-order chi connectivity index (χ1) is 10.1. The Morgan fingerprint density at radius 3 is 2.76 bits per heavy atom. The number of nitrogens with one attached hydrogen (secondary N) is 1. The summed E-state index contributed by atoms with van der Waals surface area (Å²) in [5, 5.41) is 6.28. The predicted octanol–water partition coefficient (Wildman–Crippen LogP) is 1.14. The van der Waals surface area contributed by atoms with Crippen molar-refractivity contribution in [1.82, 2.24) is 20.1 Å². The van der Waals surface area contributed by atoms with Gasteiger partial charge in [0.2, 0.25) is 5.91 Å². The van der Waals surface area contributed by atoms with Gasteiger partial charge in [0.1, 0.15) is 0 Å². The first kappa shape index (κ1) is 16.4. The van der Waals surface area contributed by atoms with Crippen molar-refractivity contribution in [1.29, 1.82) is 0 Å². The summed E-state index contributed by atoms with van der Waals surface area (Å²) in [6.45, 7) is 8.79. The van der Waals surface area contributed by atoms with Crippen molar-refractivity contribution in [3.05, 3.63) is 16.1 Å². The van der Waals surface area contributed by atoms with E-state index in [4.69, 9.17) is 0 Å². The van der Waals surface area contributed by atoms with Crippen molar-refractivity contribution in [2.45, 2.75) is 32.7 Å².